The second-order valence-corrected chi connectivity index (χ2v) is 3.39. The van der Waals surface area contributed by atoms with Crippen LogP contribution in [0.1, 0.15) is 5.56 Å². The van der Waals surface area contributed by atoms with Crippen LogP contribution >= 0.6 is 0 Å². The highest BCUT2D eigenvalue weighted by molar-refractivity contribution is 5.65. The maximum absolute atomic E-state index is 13.4. The van der Waals surface area contributed by atoms with Crippen molar-refractivity contribution in [2.75, 3.05) is 0 Å². The number of nitriles is 1. The highest BCUT2D eigenvalue weighted by Gasteiger charge is 2.21. The Bertz CT molecular complexity index is 618. The number of aromatic nitrogens is 1. The van der Waals surface area contributed by atoms with Crippen molar-refractivity contribution in [1.82, 2.24) is 4.98 Å². The van der Waals surface area contributed by atoms with Crippen molar-refractivity contribution in [1.29, 1.82) is 5.26 Å². The molecule has 0 aliphatic rings. The van der Waals surface area contributed by atoms with Gasteiger partial charge in [0.05, 0.1) is 17.2 Å². The monoisotopic (exact) mass is 252 g/mol. The lowest BCUT2D eigenvalue weighted by molar-refractivity contribution is 0.410. The molecule has 2 aromatic rings. The molecule has 0 spiro atoms. The van der Waals surface area contributed by atoms with Gasteiger partial charge in [0, 0.05) is 0 Å². The zero-order valence-electron chi connectivity index (χ0n) is 8.72. The van der Waals surface area contributed by atoms with E-state index in [2.05, 4.69) is 4.98 Å². The summed E-state index contributed by atoms with van der Waals surface area (Å²) in [5.41, 5.74) is -0.664. The minimum atomic E-state index is -1.71. The number of hydrogen-bond acceptors (Lipinski definition) is 2. The van der Waals surface area contributed by atoms with Gasteiger partial charge in [-0.15, -0.1) is 0 Å². The second-order valence-electron chi connectivity index (χ2n) is 3.39. The van der Waals surface area contributed by atoms with E-state index < -0.39 is 29.1 Å². The Morgan fingerprint density at radius 1 is 0.889 bits per heavy atom. The van der Waals surface area contributed by atoms with Gasteiger partial charge in [0.25, 0.3) is 11.9 Å². The van der Waals surface area contributed by atoms with Crippen LogP contribution < -0.4 is 0 Å². The first-order valence-electron chi connectivity index (χ1n) is 4.75. The minimum Gasteiger partial charge on any atom is -0.201 e. The van der Waals surface area contributed by atoms with Gasteiger partial charge in [0.1, 0.15) is 0 Å². The van der Waals surface area contributed by atoms with E-state index in [1.54, 1.807) is 0 Å². The number of halogens is 4. The third kappa shape index (κ3) is 1.91. The average molecular weight is 252 g/mol. The van der Waals surface area contributed by atoms with Crippen LogP contribution in [0.2, 0.25) is 0 Å². The Morgan fingerprint density at radius 2 is 1.39 bits per heavy atom. The molecular weight excluding hydrogens is 248 g/mol. The van der Waals surface area contributed by atoms with Gasteiger partial charge in [0.2, 0.25) is 0 Å². The van der Waals surface area contributed by atoms with Crippen molar-refractivity contribution < 1.29 is 17.6 Å². The molecule has 0 unspecified atom stereocenters. The molecule has 1 aromatic carbocycles. The lowest BCUT2D eigenvalue weighted by Gasteiger charge is -2.06. The summed E-state index contributed by atoms with van der Waals surface area (Å²) in [7, 11) is 0. The fourth-order valence-electron chi connectivity index (χ4n) is 1.45. The first kappa shape index (κ1) is 12.0. The maximum Gasteiger partial charge on any atom is 0.252 e. The summed E-state index contributed by atoms with van der Waals surface area (Å²) in [6.45, 7) is 0. The van der Waals surface area contributed by atoms with E-state index in [0.29, 0.717) is 0 Å². The Morgan fingerprint density at radius 3 is 1.83 bits per heavy atom. The Hall–Kier alpha value is -2.42. The molecule has 18 heavy (non-hydrogen) atoms. The van der Waals surface area contributed by atoms with Crippen LogP contribution in [0.25, 0.3) is 11.1 Å². The first-order chi connectivity index (χ1) is 8.54. The molecule has 0 N–H and O–H groups in total. The van der Waals surface area contributed by atoms with Crippen molar-refractivity contribution in [3.63, 3.8) is 0 Å². The van der Waals surface area contributed by atoms with Crippen LogP contribution in [0.15, 0.2) is 24.3 Å². The molecule has 1 heterocycles. The summed E-state index contributed by atoms with van der Waals surface area (Å²) < 4.78 is 52.6. The fourth-order valence-corrected chi connectivity index (χ4v) is 1.45. The molecule has 2 rings (SSSR count). The topological polar surface area (TPSA) is 36.7 Å². The summed E-state index contributed by atoms with van der Waals surface area (Å²) in [5.74, 6) is -6.57. The van der Waals surface area contributed by atoms with Gasteiger partial charge < -0.3 is 0 Å². The minimum absolute atomic E-state index is 0.0794. The second kappa shape index (κ2) is 4.45. The largest absolute Gasteiger partial charge is 0.252 e. The predicted molar refractivity (Wildman–Crippen MR) is 54.2 cm³/mol. The Kier molecular flexibility index (Phi) is 2.98. The van der Waals surface area contributed by atoms with E-state index in [0.717, 1.165) is 0 Å². The Balaban J connectivity index is 2.67. The molecule has 0 radical (unpaired) electrons. The van der Waals surface area contributed by atoms with Gasteiger partial charge >= 0.3 is 0 Å². The molecule has 1 aromatic heterocycles. The molecule has 0 saturated carbocycles. The first-order valence-corrected chi connectivity index (χ1v) is 4.75. The van der Waals surface area contributed by atoms with Crippen LogP contribution in [0, 0.1) is 34.9 Å². The van der Waals surface area contributed by atoms with E-state index in [-0.39, 0.29) is 11.1 Å². The smallest absolute Gasteiger partial charge is 0.201 e. The number of nitrogens with zero attached hydrogens (tertiary/aromatic N) is 2. The molecule has 0 aliphatic carbocycles. The van der Waals surface area contributed by atoms with E-state index in [1.807, 2.05) is 6.07 Å². The zero-order chi connectivity index (χ0) is 13.3. The number of rotatable bonds is 1. The van der Waals surface area contributed by atoms with Gasteiger partial charge in [-0.1, -0.05) is 12.1 Å². The van der Waals surface area contributed by atoms with E-state index in [9.17, 15) is 17.6 Å². The van der Waals surface area contributed by atoms with Crippen LogP contribution in [0.3, 0.4) is 0 Å². The Labute approximate surface area is 99.1 Å². The van der Waals surface area contributed by atoms with Crippen LogP contribution in [0.5, 0.6) is 0 Å². The fraction of sp³-hybridized carbons (Fsp3) is 0. The normalized spacial score (nSPS) is 10.2. The standard InChI is InChI=1S/C12H4F4N2/c13-9-8(10(14)12(16)18-11(9)15)7-3-1-6(5-17)2-4-7/h1-4H. The maximum atomic E-state index is 13.4. The van der Waals surface area contributed by atoms with Gasteiger partial charge in [0.15, 0.2) is 11.6 Å². The van der Waals surface area contributed by atoms with Crippen molar-refractivity contribution in [3.05, 3.63) is 53.4 Å². The van der Waals surface area contributed by atoms with E-state index in [4.69, 9.17) is 5.26 Å². The van der Waals surface area contributed by atoms with E-state index >= 15 is 0 Å². The third-order valence-electron chi connectivity index (χ3n) is 2.30. The molecule has 0 bridgehead atoms. The SMILES string of the molecule is N#Cc1ccc(-c2c(F)c(F)nc(F)c2F)cc1. The lowest BCUT2D eigenvalue weighted by atomic mass is 10.0. The summed E-state index contributed by atoms with van der Waals surface area (Å²) in [6.07, 6.45) is 0. The number of hydrogen-bond donors (Lipinski definition) is 0. The highest BCUT2D eigenvalue weighted by Crippen LogP contribution is 2.28. The highest BCUT2D eigenvalue weighted by atomic mass is 19.2. The van der Waals surface area contributed by atoms with Crippen LogP contribution in [-0.2, 0) is 0 Å². The van der Waals surface area contributed by atoms with Crippen molar-refractivity contribution in [3.8, 4) is 17.2 Å². The summed E-state index contributed by atoms with van der Waals surface area (Å²) in [5, 5.41) is 8.57. The van der Waals surface area contributed by atoms with Crippen molar-refractivity contribution in [2.24, 2.45) is 0 Å². The van der Waals surface area contributed by atoms with Crippen LogP contribution in [-0.4, -0.2) is 4.98 Å². The summed E-state index contributed by atoms with van der Waals surface area (Å²) in [4.78, 5) is 2.46. The molecular formula is C12H4F4N2. The molecule has 0 fully saturated rings. The molecule has 2 nitrogen and oxygen atoms in total. The molecule has 6 heteroatoms. The van der Waals surface area contributed by atoms with Gasteiger partial charge in [-0.05, 0) is 17.7 Å². The average Bonchev–Trinajstić information content (AvgIpc) is 2.37. The van der Waals surface area contributed by atoms with Gasteiger partial charge in [-0.25, -0.2) is 8.78 Å². The summed E-state index contributed by atoms with van der Waals surface area (Å²) in [6, 6.07) is 6.76. The van der Waals surface area contributed by atoms with E-state index in [1.165, 1.54) is 24.3 Å². The predicted octanol–water partition coefficient (Wildman–Crippen LogP) is 3.18. The molecule has 0 amide bonds. The number of benzene rings is 1. The van der Waals surface area contributed by atoms with Crippen LogP contribution in [0.4, 0.5) is 17.6 Å². The third-order valence-corrected chi connectivity index (χ3v) is 2.30. The van der Waals surface area contributed by atoms with Gasteiger partial charge in [-0.3, -0.25) is 0 Å². The molecule has 0 saturated heterocycles. The van der Waals surface area contributed by atoms with Crippen molar-refractivity contribution in [2.45, 2.75) is 0 Å². The van der Waals surface area contributed by atoms with Crippen molar-refractivity contribution >= 4 is 0 Å². The molecule has 0 aliphatic heterocycles. The lowest BCUT2D eigenvalue weighted by Crippen LogP contribution is -2.02. The molecule has 90 valence electrons. The number of pyridine rings is 1. The summed E-state index contributed by atoms with van der Waals surface area (Å²) >= 11 is 0. The zero-order valence-corrected chi connectivity index (χ0v) is 8.72. The molecule has 0 atom stereocenters. The van der Waals surface area contributed by atoms with Gasteiger partial charge in [-0.2, -0.15) is 19.0 Å². The quantitative estimate of drug-likeness (QED) is 0.577.